The highest BCUT2D eigenvalue weighted by atomic mass is 32.2. The van der Waals surface area contributed by atoms with E-state index in [0.717, 1.165) is 16.9 Å². The summed E-state index contributed by atoms with van der Waals surface area (Å²) in [7, 11) is -2.66. The molecular weight excluding hydrogens is 254 g/mol. The molecule has 1 N–H and O–H groups in total. The number of methoxy groups -OCH3 is 1. The molecule has 5 nitrogen and oxygen atoms in total. The Balaban J connectivity index is 2.34. The number of pyridine rings is 1. The highest BCUT2D eigenvalue weighted by Gasteiger charge is 2.10. The molecule has 0 spiro atoms. The maximum Gasteiger partial charge on any atom is 0.312 e. The fraction of sp³-hybridized carbons (Fsp3) is 0.0833. The van der Waals surface area contributed by atoms with Crippen LogP contribution in [0.1, 0.15) is 0 Å². The number of aromatic nitrogens is 1. The molecule has 94 valence electrons. The van der Waals surface area contributed by atoms with Gasteiger partial charge in [-0.15, -0.1) is 0 Å². The Hall–Kier alpha value is -1.92. The van der Waals surface area contributed by atoms with Crippen LogP contribution in [0.3, 0.4) is 0 Å². The fourth-order valence-electron chi connectivity index (χ4n) is 1.49. The van der Waals surface area contributed by atoms with Crippen molar-refractivity contribution in [3.8, 4) is 16.9 Å². The molecule has 0 aliphatic carbocycles. The number of rotatable bonds is 3. The van der Waals surface area contributed by atoms with Crippen LogP contribution in [0.15, 0.2) is 47.6 Å². The van der Waals surface area contributed by atoms with Crippen LogP contribution < -0.4 is 4.74 Å². The molecule has 2 rings (SSSR count). The van der Waals surface area contributed by atoms with Gasteiger partial charge in [-0.1, -0.05) is 12.1 Å². The molecule has 0 saturated carbocycles. The predicted molar refractivity (Wildman–Crippen MR) is 66.0 cm³/mol. The number of hydrogen-bond donors (Lipinski definition) is 1. The minimum absolute atomic E-state index is 0.361. The van der Waals surface area contributed by atoms with E-state index in [0.29, 0.717) is 0 Å². The third kappa shape index (κ3) is 2.66. The van der Waals surface area contributed by atoms with Crippen molar-refractivity contribution in [2.75, 3.05) is 7.11 Å². The van der Waals surface area contributed by atoms with E-state index in [1.165, 1.54) is 12.3 Å². The Kier molecular flexibility index (Phi) is 3.31. The third-order valence-corrected chi connectivity index (χ3v) is 3.19. The van der Waals surface area contributed by atoms with Crippen LogP contribution in [0, 0.1) is 0 Å². The number of ether oxygens (including phenoxy) is 1. The normalized spacial score (nSPS) is 11.2. The lowest BCUT2D eigenvalue weighted by Crippen LogP contribution is -2.00. The average molecular weight is 265 g/mol. The fourth-order valence-corrected chi connectivity index (χ4v) is 1.91. The first-order valence-corrected chi connectivity index (χ1v) is 6.52. The van der Waals surface area contributed by atoms with Crippen molar-refractivity contribution in [1.82, 2.24) is 4.98 Å². The van der Waals surface area contributed by atoms with Crippen LogP contribution in [-0.4, -0.2) is 25.1 Å². The average Bonchev–Trinajstić information content (AvgIpc) is 2.38. The molecule has 0 aliphatic rings. The summed E-state index contributed by atoms with van der Waals surface area (Å²) in [6, 6.07) is 10.1. The number of benzene rings is 1. The molecule has 6 heteroatoms. The van der Waals surface area contributed by atoms with Crippen molar-refractivity contribution < 1.29 is 17.7 Å². The van der Waals surface area contributed by atoms with Gasteiger partial charge in [0.2, 0.25) is 0 Å². The van der Waals surface area contributed by atoms with Gasteiger partial charge in [-0.05, 0) is 29.8 Å². The third-order valence-electron chi connectivity index (χ3n) is 2.42. The van der Waals surface area contributed by atoms with E-state index in [4.69, 9.17) is 9.29 Å². The SMILES string of the molecule is COc1ccc(-c2ccc(S(=O)(=O)O)nc2)cc1. The van der Waals surface area contributed by atoms with Gasteiger partial charge in [0.05, 0.1) is 7.11 Å². The van der Waals surface area contributed by atoms with Crippen LogP contribution in [0.4, 0.5) is 0 Å². The molecule has 0 atom stereocenters. The lowest BCUT2D eigenvalue weighted by Gasteiger charge is -2.04. The van der Waals surface area contributed by atoms with Gasteiger partial charge in [0, 0.05) is 11.8 Å². The lowest BCUT2D eigenvalue weighted by atomic mass is 10.1. The first-order valence-electron chi connectivity index (χ1n) is 5.08. The Morgan fingerprint density at radius 2 is 1.67 bits per heavy atom. The highest BCUT2D eigenvalue weighted by molar-refractivity contribution is 7.85. The molecule has 0 fully saturated rings. The number of hydrogen-bond acceptors (Lipinski definition) is 4. The second-order valence-electron chi connectivity index (χ2n) is 3.59. The van der Waals surface area contributed by atoms with Crippen LogP contribution in [0.5, 0.6) is 5.75 Å². The van der Waals surface area contributed by atoms with Crippen molar-refractivity contribution in [2.45, 2.75) is 5.03 Å². The van der Waals surface area contributed by atoms with Gasteiger partial charge in [0.25, 0.3) is 0 Å². The van der Waals surface area contributed by atoms with Crippen molar-refractivity contribution in [3.63, 3.8) is 0 Å². The molecule has 1 aromatic carbocycles. The monoisotopic (exact) mass is 265 g/mol. The van der Waals surface area contributed by atoms with E-state index in [9.17, 15) is 8.42 Å². The molecule has 0 saturated heterocycles. The zero-order valence-corrected chi connectivity index (χ0v) is 10.4. The van der Waals surface area contributed by atoms with E-state index in [1.807, 2.05) is 12.1 Å². The van der Waals surface area contributed by atoms with Gasteiger partial charge in [-0.3, -0.25) is 4.55 Å². The zero-order valence-electron chi connectivity index (χ0n) is 9.57. The van der Waals surface area contributed by atoms with Gasteiger partial charge in [0.15, 0.2) is 5.03 Å². The van der Waals surface area contributed by atoms with Gasteiger partial charge in [-0.25, -0.2) is 4.98 Å². The van der Waals surface area contributed by atoms with Crippen LogP contribution >= 0.6 is 0 Å². The zero-order chi connectivity index (χ0) is 13.2. The van der Waals surface area contributed by atoms with Gasteiger partial charge in [-0.2, -0.15) is 8.42 Å². The maximum absolute atomic E-state index is 10.8. The summed E-state index contributed by atoms with van der Waals surface area (Å²) in [6.45, 7) is 0. The second kappa shape index (κ2) is 4.75. The van der Waals surface area contributed by atoms with Crippen LogP contribution in [0.25, 0.3) is 11.1 Å². The Morgan fingerprint density at radius 1 is 1.06 bits per heavy atom. The van der Waals surface area contributed by atoms with Crippen molar-refractivity contribution >= 4 is 10.1 Å². The lowest BCUT2D eigenvalue weighted by molar-refractivity contribution is 0.415. The Bertz CT molecular complexity index is 633. The van der Waals surface area contributed by atoms with E-state index in [2.05, 4.69) is 4.98 Å². The van der Waals surface area contributed by atoms with Crippen molar-refractivity contribution in [1.29, 1.82) is 0 Å². The predicted octanol–water partition coefficient (Wildman–Crippen LogP) is 2.00. The summed E-state index contributed by atoms with van der Waals surface area (Å²) in [4.78, 5) is 3.70. The summed E-state index contributed by atoms with van der Waals surface area (Å²) in [6.07, 6.45) is 1.39. The maximum atomic E-state index is 10.8. The molecule has 0 radical (unpaired) electrons. The largest absolute Gasteiger partial charge is 0.497 e. The summed E-state index contributed by atoms with van der Waals surface area (Å²) < 4.78 is 35.5. The minimum atomic E-state index is -4.24. The topological polar surface area (TPSA) is 76.5 Å². The molecule has 1 heterocycles. The highest BCUT2D eigenvalue weighted by Crippen LogP contribution is 2.22. The van der Waals surface area contributed by atoms with E-state index in [1.54, 1.807) is 25.3 Å². The molecule has 0 amide bonds. The summed E-state index contributed by atoms with van der Waals surface area (Å²) in [5, 5.41) is -0.361. The van der Waals surface area contributed by atoms with Crippen LogP contribution in [0.2, 0.25) is 0 Å². The van der Waals surface area contributed by atoms with Crippen LogP contribution in [-0.2, 0) is 10.1 Å². The quantitative estimate of drug-likeness (QED) is 0.859. The molecular formula is C12H11NO4S. The molecule has 0 bridgehead atoms. The summed E-state index contributed by atoms with van der Waals surface area (Å²) in [5.41, 5.74) is 1.63. The first kappa shape index (κ1) is 12.5. The summed E-state index contributed by atoms with van der Waals surface area (Å²) >= 11 is 0. The number of nitrogens with zero attached hydrogens (tertiary/aromatic N) is 1. The molecule has 18 heavy (non-hydrogen) atoms. The second-order valence-corrected chi connectivity index (χ2v) is 4.96. The van der Waals surface area contributed by atoms with E-state index in [-0.39, 0.29) is 5.03 Å². The Morgan fingerprint density at radius 3 is 2.11 bits per heavy atom. The van der Waals surface area contributed by atoms with Crippen molar-refractivity contribution in [2.24, 2.45) is 0 Å². The van der Waals surface area contributed by atoms with Gasteiger partial charge >= 0.3 is 10.1 Å². The molecule has 0 unspecified atom stereocenters. The first-order chi connectivity index (χ1) is 8.50. The molecule has 2 aromatic rings. The standard InChI is InChI=1S/C12H11NO4S/c1-17-11-5-2-9(3-6-11)10-4-7-12(13-8-10)18(14,15)16/h2-8H,1H3,(H,14,15,16). The van der Waals surface area contributed by atoms with Gasteiger partial charge < -0.3 is 4.74 Å². The summed E-state index contributed by atoms with van der Waals surface area (Å²) in [5.74, 6) is 0.737. The molecule has 1 aromatic heterocycles. The Labute approximate surface area is 105 Å². The van der Waals surface area contributed by atoms with Gasteiger partial charge in [0.1, 0.15) is 5.75 Å². The smallest absolute Gasteiger partial charge is 0.312 e. The molecule has 0 aliphatic heterocycles. The minimum Gasteiger partial charge on any atom is -0.497 e. The van der Waals surface area contributed by atoms with E-state index < -0.39 is 10.1 Å². The van der Waals surface area contributed by atoms with Crippen molar-refractivity contribution in [3.05, 3.63) is 42.6 Å². The van der Waals surface area contributed by atoms with E-state index >= 15 is 0 Å².